The van der Waals surface area contributed by atoms with E-state index < -0.39 is 0 Å². The third-order valence-corrected chi connectivity index (χ3v) is 4.60. The first-order valence-corrected chi connectivity index (χ1v) is 7.92. The van der Waals surface area contributed by atoms with Crippen molar-refractivity contribution in [3.05, 3.63) is 59.1 Å². The van der Waals surface area contributed by atoms with E-state index in [1.54, 1.807) is 12.1 Å². The highest BCUT2D eigenvalue weighted by atomic mass is 35.5. The maximum absolute atomic E-state index is 9.52. The number of hydrogen-bond acceptors (Lipinski definition) is 2. The molecule has 0 bridgehead atoms. The van der Waals surface area contributed by atoms with Gasteiger partial charge in [0.1, 0.15) is 5.75 Å². The molecule has 2 nitrogen and oxygen atoms in total. The highest BCUT2D eigenvalue weighted by Gasteiger charge is 2.26. The summed E-state index contributed by atoms with van der Waals surface area (Å²) in [7, 11) is 0. The van der Waals surface area contributed by atoms with Crippen molar-refractivity contribution < 1.29 is 5.11 Å². The molecule has 1 aliphatic carbocycles. The number of phenols is 1. The molecule has 1 fully saturated rings. The summed E-state index contributed by atoms with van der Waals surface area (Å²) < 4.78 is 0. The van der Waals surface area contributed by atoms with Gasteiger partial charge in [-0.25, -0.2) is 0 Å². The van der Waals surface area contributed by atoms with Crippen LogP contribution in [0.4, 0.5) is 5.69 Å². The lowest BCUT2D eigenvalue weighted by Gasteiger charge is -2.33. The quantitative estimate of drug-likeness (QED) is 0.765. The number of benzene rings is 2. The van der Waals surface area contributed by atoms with Gasteiger partial charge in [0.25, 0.3) is 0 Å². The maximum Gasteiger partial charge on any atom is 0.134 e. The fraction of sp³-hybridized carbons (Fsp3) is 0.333. The third-order valence-electron chi connectivity index (χ3n) is 4.29. The van der Waals surface area contributed by atoms with Crippen molar-refractivity contribution in [2.75, 3.05) is 5.32 Å². The van der Waals surface area contributed by atoms with Crippen LogP contribution >= 0.6 is 11.6 Å². The van der Waals surface area contributed by atoms with E-state index in [1.807, 2.05) is 6.07 Å². The summed E-state index contributed by atoms with van der Waals surface area (Å²) >= 11 is 5.99. The van der Waals surface area contributed by atoms with Gasteiger partial charge in [-0.1, -0.05) is 54.8 Å². The molecule has 0 spiro atoms. The summed E-state index contributed by atoms with van der Waals surface area (Å²) in [5, 5.41) is 13.5. The second-order valence-corrected chi connectivity index (χ2v) is 6.13. The van der Waals surface area contributed by atoms with Gasteiger partial charge in [-0.05, 0) is 36.6 Å². The minimum Gasteiger partial charge on any atom is -0.506 e. The molecule has 2 aromatic rings. The Morgan fingerprint density at radius 2 is 1.76 bits per heavy atom. The predicted molar refractivity (Wildman–Crippen MR) is 88.2 cm³/mol. The van der Waals surface area contributed by atoms with Crippen LogP contribution in [0.3, 0.4) is 0 Å². The fourth-order valence-electron chi connectivity index (χ4n) is 3.21. The molecule has 2 aromatic carbocycles. The zero-order chi connectivity index (χ0) is 14.7. The largest absolute Gasteiger partial charge is 0.506 e. The average molecular weight is 302 g/mol. The summed E-state index contributed by atoms with van der Waals surface area (Å²) in [5.74, 6) is 0.665. The first-order valence-electron chi connectivity index (χ1n) is 7.54. The average Bonchev–Trinajstić information content (AvgIpc) is 2.52. The Hall–Kier alpha value is -1.67. The molecule has 3 heteroatoms. The number of aromatic hydroxyl groups is 1. The van der Waals surface area contributed by atoms with E-state index in [0.717, 1.165) is 12.1 Å². The molecule has 0 aromatic heterocycles. The number of phenolic OH excluding ortho intramolecular Hbond substituents is 1. The molecule has 0 heterocycles. The van der Waals surface area contributed by atoms with Crippen molar-refractivity contribution in [2.24, 2.45) is 0 Å². The summed E-state index contributed by atoms with van der Waals surface area (Å²) in [6, 6.07) is 16.5. The molecule has 0 saturated heterocycles. The van der Waals surface area contributed by atoms with Gasteiger partial charge >= 0.3 is 0 Å². The van der Waals surface area contributed by atoms with Crippen molar-refractivity contribution in [2.45, 2.75) is 37.6 Å². The summed E-state index contributed by atoms with van der Waals surface area (Å²) in [6.45, 7) is 0. The van der Waals surface area contributed by atoms with Gasteiger partial charge in [-0.3, -0.25) is 0 Å². The Balaban J connectivity index is 1.79. The Morgan fingerprint density at radius 3 is 2.52 bits per heavy atom. The number of nitrogens with one attached hydrogen (secondary N) is 1. The van der Waals surface area contributed by atoms with E-state index in [2.05, 4.69) is 35.6 Å². The van der Waals surface area contributed by atoms with E-state index >= 15 is 0 Å². The van der Waals surface area contributed by atoms with Gasteiger partial charge in [-0.2, -0.15) is 0 Å². The molecule has 1 aliphatic rings. The van der Waals surface area contributed by atoms with Gasteiger partial charge in [0, 0.05) is 17.6 Å². The number of halogens is 1. The smallest absolute Gasteiger partial charge is 0.134 e. The van der Waals surface area contributed by atoms with Gasteiger partial charge in [-0.15, -0.1) is 0 Å². The summed E-state index contributed by atoms with van der Waals surface area (Å²) in [6.07, 6.45) is 4.92. The van der Waals surface area contributed by atoms with E-state index in [9.17, 15) is 5.11 Å². The molecule has 0 amide bonds. The van der Waals surface area contributed by atoms with Crippen LogP contribution in [0.25, 0.3) is 0 Å². The molecule has 2 unspecified atom stereocenters. The van der Waals surface area contributed by atoms with E-state index in [0.29, 0.717) is 17.0 Å². The molecule has 2 atom stereocenters. The van der Waals surface area contributed by atoms with Crippen molar-refractivity contribution in [1.29, 1.82) is 0 Å². The van der Waals surface area contributed by atoms with Crippen molar-refractivity contribution in [3.8, 4) is 5.75 Å². The molecule has 2 N–H and O–H groups in total. The molecule has 1 saturated carbocycles. The molecular weight excluding hydrogens is 282 g/mol. The zero-order valence-corrected chi connectivity index (χ0v) is 12.7. The summed E-state index contributed by atoms with van der Waals surface area (Å²) in [5.41, 5.74) is 2.38. The van der Waals surface area contributed by atoms with Gasteiger partial charge < -0.3 is 10.4 Å². The summed E-state index contributed by atoms with van der Waals surface area (Å²) in [4.78, 5) is 0. The van der Waals surface area contributed by atoms with Crippen molar-refractivity contribution >= 4 is 17.3 Å². The second-order valence-electron chi connectivity index (χ2n) is 5.72. The van der Waals surface area contributed by atoms with Crippen LogP contribution in [0.5, 0.6) is 5.75 Å². The number of rotatable bonds is 3. The van der Waals surface area contributed by atoms with Crippen LogP contribution in [0.1, 0.15) is 37.2 Å². The maximum atomic E-state index is 9.52. The third kappa shape index (κ3) is 3.33. The zero-order valence-electron chi connectivity index (χ0n) is 11.9. The highest BCUT2D eigenvalue weighted by Crippen LogP contribution is 2.36. The topological polar surface area (TPSA) is 32.3 Å². The Bertz CT molecular complexity index is 599. The molecule has 3 rings (SSSR count). The Morgan fingerprint density at radius 1 is 1.00 bits per heavy atom. The number of hydrogen-bond donors (Lipinski definition) is 2. The molecule has 21 heavy (non-hydrogen) atoms. The van der Waals surface area contributed by atoms with Gasteiger partial charge in [0.2, 0.25) is 0 Å². The predicted octanol–water partition coefficient (Wildman–Crippen LogP) is 5.18. The standard InChI is InChI=1S/C18H20ClNO/c19-16-12-14(10-11-18(16)21)20-17-9-5-4-8-15(17)13-6-2-1-3-7-13/h1-3,6-7,10-12,15,17,20-21H,4-5,8-9H2. The normalized spacial score (nSPS) is 22.0. The van der Waals surface area contributed by atoms with Crippen LogP contribution in [-0.2, 0) is 0 Å². The fourth-order valence-corrected chi connectivity index (χ4v) is 3.39. The van der Waals surface area contributed by atoms with E-state index in [1.165, 1.54) is 24.8 Å². The van der Waals surface area contributed by atoms with Crippen LogP contribution in [0.2, 0.25) is 5.02 Å². The van der Waals surface area contributed by atoms with Crippen LogP contribution < -0.4 is 5.32 Å². The molecule has 110 valence electrons. The van der Waals surface area contributed by atoms with Crippen LogP contribution in [-0.4, -0.2) is 11.1 Å². The number of anilines is 1. The lowest BCUT2D eigenvalue weighted by molar-refractivity contribution is 0.405. The molecular formula is C18H20ClNO. The Kier molecular flexibility index (Phi) is 4.35. The Labute approximate surface area is 130 Å². The van der Waals surface area contributed by atoms with E-state index in [4.69, 9.17) is 11.6 Å². The first kappa shape index (κ1) is 14.3. The van der Waals surface area contributed by atoms with Gasteiger partial charge in [0.05, 0.1) is 5.02 Å². The second kappa shape index (κ2) is 6.40. The van der Waals surface area contributed by atoms with Crippen molar-refractivity contribution in [3.63, 3.8) is 0 Å². The van der Waals surface area contributed by atoms with Gasteiger partial charge in [0.15, 0.2) is 0 Å². The first-order chi connectivity index (χ1) is 10.2. The van der Waals surface area contributed by atoms with Crippen LogP contribution in [0.15, 0.2) is 48.5 Å². The minimum atomic E-state index is 0.130. The highest BCUT2D eigenvalue weighted by molar-refractivity contribution is 6.32. The SMILES string of the molecule is Oc1ccc(NC2CCCCC2c2ccccc2)cc1Cl. The van der Waals surface area contributed by atoms with Crippen molar-refractivity contribution in [1.82, 2.24) is 0 Å². The van der Waals surface area contributed by atoms with E-state index in [-0.39, 0.29) is 5.75 Å². The minimum absolute atomic E-state index is 0.130. The molecule has 0 radical (unpaired) electrons. The monoisotopic (exact) mass is 301 g/mol. The van der Waals surface area contributed by atoms with Crippen LogP contribution in [0, 0.1) is 0 Å². The lowest BCUT2D eigenvalue weighted by atomic mass is 9.80. The molecule has 0 aliphatic heterocycles. The lowest BCUT2D eigenvalue weighted by Crippen LogP contribution is -2.30.